The van der Waals surface area contributed by atoms with Gasteiger partial charge >= 0.3 is 0 Å². The summed E-state index contributed by atoms with van der Waals surface area (Å²) in [4.78, 5) is 12.5. The van der Waals surface area contributed by atoms with Gasteiger partial charge in [-0.3, -0.25) is 4.79 Å². The lowest BCUT2D eigenvalue weighted by molar-refractivity contribution is 0.103. The summed E-state index contributed by atoms with van der Waals surface area (Å²) in [5.74, 6) is 0.366. The fourth-order valence-corrected chi connectivity index (χ4v) is 2.44. The smallest absolute Gasteiger partial charge is 0.193 e. The predicted molar refractivity (Wildman–Crippen MR) is 89.5 cm³/mol. The summed E-state index contributed by atoms with van der Waals surface area (Å²) in [5, 5.41) is 0.566. The third-order valence-corrected chi connectivity index (χ3v) is 4.49. The fraction of sp³-hybridized carbons (Fsp3) is 0.235. The largest absolute Gasteiger partial charge is 0.397 e. The van der Waals surface area contributed by atoms with Gasteiger partial charge in [-0.1, -0.05) is 61.3 Å². The van der Waals surface area contributed by atoms with Gasteiger partial charge in [0, 0.05) is 11.1 Å². The molecule has 21 heavy (non-hydrogen) atoms. The SMILES string of the molecule is CCC(C)c1ccc(C(=O)c2cc(N)c(Cl)c(Cl)c2)cc1. The van der Waals surface area contributed by atoms with Crippen LogP contribution in [0.2, 0.25) is 10.0 Å². The highest BCUT2D eigenvalue weighted by Crippen LogP contribution is 2.30. The molecule has 4 heteroatoms. The van der Waals surface area contributed by atoms with Crippen LogP contribution in [0.3, 0.4) is 0 Å². The number of benzene rings is 2. The van der Waals surface area contributed by atoms with Crippen molar-refractivity contribution < 1.29 is 4.79 Å². The molecule has 2 aromatic carbocycles. The minimum Gasteiger partial charge on any atom is -0.397 e. The zero-order chi connectivity index (χ0) is 15.6. The minimum absolute atomic E-state index is 0.115. The first-order valence-corrected chi connectivity index (χ1v) is 7.58. The molecule has 0 fully saturated rings. The highest BCUT2D eigenvalue weighted by atomic mass is 35.5. The standard InChI is InChI=1S/C17H17Cl2NO/c1-3-10(2)11-4-6-12(7-5-11)17(21)13-8-14(18)16(19)15(20)9-13/h4-10H,3,20H2,1-2H3. The van der Waals surface area contributed by atoms with E-state index >= 15 is 0 Å². The molecule has 0 bridgehead atoms. The second-order valence-corrected chi connectivity index (χ2v) is 5.91. The molecule has 2 nitrogen and oxygen atoms in total. The lowest BCUT2D eigenvalue weighted by Gasteiger charge is -2.10. The summed E-state index contributed by atoms with van der Waals surface area (Å²) >= 11 is 11.9. The van der Waals surface area contributed by atoms with Gasteiger partial charge in [0.05, 0.1) is 15.7 Å². The molecule has 0 amide bonds. The number of hydrogen-bond acceptors (Lipinski definition) is 2. The van der Waals surface area contributed by atoms with Gasteiger partial charge in [0.1, 0.15) is 0 Å². The predicted octanol–water partition coefficient (Wildman–Crippen LogP) is 5.32. The third-order valence-electron chi connectivity index (χ3n) is 3.67. The van der Waals surface area contributed by atoms with Crippen molar-refractivity contribution >= 4 is 34.7 Å². The van der Waals surface area contributed by atoms with Gasteiger partial charge in [-0.2, -0.15) is 0 Å². The molecular weight excluding hydrogens is 305 g/mol. The van der Waals surface area contributed by atoms with E-state index in [0.717, 1.165) is 6.42 Å². The summed E-state index contributed by atoms with van der Waals surface area (Å²) in [5.41, 5.74) is 8.34. The van der Waals surface area contributed by atoms with Gasteiger partial charge in [-0.25, -0.2) is 0 Å². The Morgan fingerprint density at radius 3 is 2.29 bits per heavy atom. The molecule has 0 spiro atoms. The van der Waals surface area contributed by atoms with Crippen molar-refractivity contribution in [2.24, 2.45) is 0 Å². The number of anilines is 1. The number of nitrogen functional groups attached to an aromatic ring is 1. The Bertz CT molecular complexity index is 642. The van der Waals surface area contributed by atoms with Crippen molar-refractivity contribution in [1.29, 1.82) is 0 Å². The van der Waals surface area contributed by atoms with E-state index in [0.29, 0.717) is 22.7 Å². The van der Waals surface area contributed by atoms with Crippen molar-refractivity contribution in [3.63, 3.8) is 0 Å². The summed E-state index contributed by atoms with van der Waals surface area (Å²) in [6.07, 6.45) is 1.07. The molecule has 0 heterocycles. The Morgan fingerprint density at radius 1 is 1.14 bits per heavy atom. The molecule has 2 aromatic rings. The molecule has 0 saturated carbocycles. The maximum atomic E-state index is 12.5. The maximum Gasteiger partial charge on any atom is 0.193 e. The van der Waals surface area contributed by atoms with Gasteiger partial charge in [0.25, 0.3) is 0 Å². The van der Waals surface area contributed by atoms with E-state index in [1.807, 2.05) is 24.3 Å². The van der Waals surface area contributed by atoms with E-state index in [2.05, 4.69) is 13.8 Å². The molecule has 0 aliphatic carbocycles. The highest BCUT2D eigenvalue weighted by molar-refractivity contribution is 6.44. The zero-order valence-electron chi connectivity index (χ0n) is 12.0. The molecule has 0 saturated heterocycles. The van der Waals surface area contributed by atoms with Crippen molar-refractivity contribution in [1.82, 2.24) is 0 Å². The molecular formula is C17H17Cl2NO. The van der Waals surface area contributed by atoms with Crippen LogP contribution in [-0.4, -0.2) is 5.78 Å². The Kier molecular flexibility index (Phi) is 4.92. The normalized spacial score (nSPS) is 12.2. The monoisotopic (exact) mass is 321 g/mol. The molecule has 2 rings (SSSR count). The molecule has 1 atom stereocenters. The lowest BCUT2D eigenvalue weighted by atomic mass is 9.95. The molecule has 2 N–H and O–H groups in total. The number of nitrogens with two attached hydrogens (primary N) is 1. The van der Waals surface area contributed by atoms with Gasteiger partial charge in [-0.15, -0.1) is 0 Å². The highest BCUT2D eigenvalue weighted by Gasteiger charge is 2.14. The van der Waals surface area contributed by atoms with Crippen molar-refractivity contribution in [3.8, 4) is 0 Å². The Balaban J connectivity index is 2.32. The van der Waals surface area contributed by atoms with Crippen LogP contribution in [0, 0.1) is 0 Å². The molecule has 0 aromatic heterocycles. The topological polar surface area (TPSA) is 43.1 Å². The quantitative estimate of drug-likeness (QED) is 0.611. The Hall–Kier alpha value is -1.51. The van der Waals surface area contributed by atoms with Crippen molar-refractivity contribution in [2.75, 3.05) is 5.73 Å². The summed E-state index contributed by atoms with van der Waals surface area (Å²) < 4.78 is 0. The van der Waals surface area contributed by atoms with Crippen LogP contribution >= 0.6 is 23.2 Å². The second kappa shape index (κ2) is 6.50. The van der Waals surface area contributed by atoms with Crippen LogP contribution in [0.25, 0.3) is 0 Å². The molecule has 1 unspecified atom stereocenters. The van der Waals surface area contributed by atoms with Crippen LogP contribution in [-0.2, 0) is 0 Å². The van der Waals surface area contributed by atoms with Gasteiger partial charge in [0.15, 0.2) is 5.78 Å². The van der Waals surface area contributed by atoms with E-state index in [1.54, 1.807) is 12.1 Å². The molecule has 0 radical (unpaired) electrons. The number of halogens is 2. The van der Waals surface area contributed by atoms with E-state index in [-0.39, 0.29) is 15.8 Å². The van der Waals surface area contributed by atoms with Crippen LogP contribution in [0.4, 0.5) is 5.69 Å². The Labute approximate surface area is 134 Å². The average molecular weight is 322 g/mol. The van der Waals surface area contributed by atoms with Crippen LogP contribution in [0.5, 0.6) is 0 Å². The van der Waals surface area contributed by atoms with Crippen molar-refractivity contribution in [2.45, 2.75) is 26.2 Å². The van der Waals surface area contributed by atoms with Crippen LogP contribution in [0.15, 0.2) is 36.4 Å². The second-order valence-electron chi connectivity index (χ2n) is 5.12. The molecule has 0 aliphatic rings. The number of rotatable bonds is 4. The summed E-state index contributed by atoms with van der Waals surface area (Å²) in [7, 11) is 0. The van der Waals surface area contributed by atoms with Gasteiger partial charge in [0.2, 0.25) is 0 Å². The first-order valence-electron chi connectivity index (χ1n) is 6.83. The van der Waals surface area contributed by atoms with E-state index < -0.39 is 0 Å². The van der Waals surface area contributed by atoms with Gasteiger partial charge < -0.3 is 5.73 Å². The van der Waals surface area contributed by atoms with E-state index in [1.165, 1.54) is 5.56 Å². The summed E-state index contributed by atoms with van der Waals surface area (Å²) in [6, 6.07) is 10.7. The van der Waals surface area contributed by atoms with E-state index in [9.17, 15) is 4.79 Å². The van der Waals surface area contributed by atoms with Crippen LogP contribution < -0.4 is 5.73 Å². The maximum absolute atomic E-state index is 12.5. The first-order chi connectivity index (χ1) is 9.93. The molecule has 110 valence electrons. The number of carbonyl (C=O) groups is 1. The average Bonchev–Trinajstić information content (AvgIpc) is 2.50. The zero-order valence-corrected chi connectivity index (χ0v) is 13.5. The van der Waals surface area contributed by atoms with Gasteiger partial charge in [-0.05, 0) is 30.0 Å². The number of carbonyl (C=O) groups excluding carboxylic acids is 1. The number of ketones is 1. The minimum atomic E-state index is -0.115. The van der Waals surface area contributed by atoms with Crippen molar-refractivity contribution in [3.05, 3.63) is 63.1 Å². The lowest BCUT2D eigenvalue weighted by Crippen LogP contribution is -2.03. The third kappa shape index (κ3) is 3.39. The Morgan fingerprint density at radius 2 is 1.76 bits per heavy atom. The summed E-state index contributed by atoms with van der Waals surface area (Å²) in [6.45, 7) is 4.30. The van der Waals surface area contributed by atoms with Crippen LogP contribution in [0.1, 0.15) is 47.7 Å². The first kappa shape index (κ1) is 15.9. The fourth-order valence-electron chi connectivity index (χ4n) is 2.11. The number of hydrogen-bond donors (Lipinski definition) is 1. The molecule has 0 aliphatic heterocycles. The van der Waals surface area contributed by atoms with E-state index in [4.69, 9.17) is 28.9 Å².